The Bertz CT molecular complexity index is 345. The second-order valence-corrected chi connectivity index (χ2v) is 6.93. The molecular weight excluding hydrogens is 228 g/mol. The molecule has 0 atom stereocenters. The van der Waals surface area contributed by atoms with Crippen LogP contribution in [0.1, 0.15) is 46.1 Å². The lowest BCUT2D eigenvalue weighted by molar-refractivity contribution is 0.774. The van der Waals surface area contributed by atoms with E-state index in [0.29, 0.717) is 11.1 Å². The molecule has 0 bridgehead atoms. The third-order valence-electron chi connectivity index (χ3n) is 1.78. The van der Waals surface area contributed by atoms with Crippen molar-refractivity contribution in [3.05, 3.63) is 17.0 Å². The third kappa shape index (κ3) is 3.65. The normalized spacial score (nSPS) is 12.2. The van der Waals surface area contributed by atoms with Crippen molar-refractivity contribution < 1.29 is 0 Å². The molecule has 1 rings (SSSR count). The molecule has 0 N–H and O–H groups in total. The quantitative estimate of drug-likeness (QED) is 0.578. The predicted molar refractivity (Wildman–Crippen MR) is 66.7 cm³/mol. The van der Waals surface area contributed by atoms with Crippen molar-refractivity contribution in [2.75, 3.05) is 0 Å². The van der Waals surface area contributed by atoms with Crippen molar-refractivity contribution in [1.29, 1.82) is 0 Å². The largest absolute Gasteiger partial charge is 0.230 e. The van der Waals surface area contributed by atoms with E-state index in [1.807, 2.05) is 0 Å². The van der Waals surface area contributed by atoms with E-state index in [1.165, 1.54) is 6.33 Å². The number of nitrogens with zero attached hydrogens (tertiary/aromatic N) is 2. The summed E-state index contributed by atoms with van der Waals surface area (Å²) in [6.07, 6.45) is 1.53. The first-order valence-electron chi connectivity index (χ1n) is 5.00. The zero-order valence-electron chi connectivity index (χ0n) is 9.84. The first-order valence-corrected chi connectivity index (χ1v) is 6.20. The maximum absolute atomic E-state index is 6.09. The van der Waals surface area contributed by atoms with E-state index < -0.39 is 0 Å². The molecule has 0 aliphatic rings. The molecule has 0 aliphatic heterocycles. The Morgan fingerprint density at radius 3 is 2.33 bits per heavy atom. The second kappa shape index (κ2) is 4.71. The van der Waals surface area contributed by atoms with Crippen molar-refractivity contribution >= 4 is 23.4 Å². The van der Waals surface area contributed by atoms with Crippen LogP contribution in [0.5, 0.6) is 0 Å². The number of hydrogen-bond donors (Lipinski definition) is 0. The van der Waals surface area contributed by atoms with Crippen molar-refractivity contribution in [3.8, 4) is 0 Å². The van der Waals surface area contributed by atoms with Gasteiger partial charge in [-0.05, 0) is 5.92 Å². The van der Waals surface area contributed by atoms with E-state index in [4.69, 9.17) is 11.6 Å². The minimum absolute atomic E-state index is 0.140. The summed E-state index contributed by atoms with van der Waals surface area (Å²) in [4.78, 5) is 8.35. The van der Waals surface area contributed by atoms with E-state index in [1.54, 1.807) is 11.8 Å². The van der Waals surface area contributed by atoms with E-state index >= 15 is 0 Å². The zero-order valence-corrected chi connectivity index (χ0v) is 11.4. The van der Waals surface area contributed by atoms with Gasteiger partial charge in [-0.2, -0.15) is 0 Å². The van der Waals surface area contributed by atoms with Crippen LogP contribution in [0, 0.1) is 0 Å². The van der Waals surface area contributed by atoms with Crippen LogP contribution in [0.4, 0.5) is 0 Å². The van der Waals surface area contributed by atoms with E-state index in [9.17, 15) is 0 Å². The monoisotopic (exact) mass is 244 g/mol. The minimum atomic E-state index is 0.140. The maximum atomic E-state index is 6.09. The molecular formula is C11H17ClN2S. The lowest BCUT2D eigenvalue weighted by Gasteiger charge is -2.20. The van der Waals surface area contributed by atoms with Crippen LogP contribution >= 0.6 is 23.4 Å². The van der Waals surface area contributed by atoms with Crippen LogP contribution in [0.2, 0.25) is 5.15 Å². The molecule has 4 heteroatoms. The number of halogens is 1. The molecule has 84 valence electrons. The van der Waals surface area contributed by atoms with E-state index in [0.717, 1.165) is 10.6 Å². The molecule has 0 unspecified atom stereocenters. The molecule has 2 nitrogen and oxygen atoms in total. The SMILES string of the molecule is CC(C)c1c(Cl)ncnc1SC(C)(C)C. The molecule has 1 heterocycles. The van der Waals surface area contributed by atoms with Crippen LogP contribution in [-0.2, 0) is 0 Å². The summed E-state index contributed by atoms with van der Waals surface area (Å²) < 4.78 is 0.140. The lowest BCUT2D eigenvalue weighted by Crippen LogP contribution is -2.09. The fourth-order valence-electron chi connectivity index (χ4n) is 1.22. The van der Waals surface area contributed by atoms with Gasteiger partial charge >= 0.3 is 0 Å². The van der Waals surface area contributed by atoms with Gasteiger partial charge in [0, 0.05) is 10.3 Å². The predicted octanol–water partition coefficient (Wildman–Crippen LogP) is 4.14. The topological polar surface area (TPSA) is 25.8 Å². The highest BCUT2D eigenvalue weighted by molar-refractivity contribution is 8.00. The van der Waals surface area contributed by atoms with Gasteiger partial charge in [0.2, 0.25) is 0 Å². The van der Waals surface area contributed by atoms with Gasteiger partial charge in [-0.25, -0.2) is 9.97 Å². The molecule has 0 aromatic carbocycles. The first-order chi connectivity index (χ1) is 6.81. The Morgan fingerprint density at radius 1 is 1.27 bits per heavy atom. The van der Waals surface area contributed by atoms with Gasteiger partial charge in [-0.15, -0.1) is 11.8 Å². The van der Waals surface area contributed by atoms with Gasteiger partial charge in [0.1, 0.15) is 16.5 Å². The fourth-order valence-corrected chi connectivity index (χ4v) is 2.75. The summed E-state index contributed by atoms with van der Waals surface area (Å²) in [5.74, 6) is 0.351. The molecule has 0 saturated heterocycles. The van der Waals surface area contributed by atoms with Gasteiger partial charge in [0.15, 0.2) is 0 Å². The summed E-state index contributed by atoms with van der Waals surface area (Å²) in [6.45, 7) is 10.7. The highest BCUT2D eigenvalue weighted by Gasteiger charge is 2.19. The van der Waals surface area contributed by atoms with Gasteiger partial charge < -0.3 is 0 Å². The van der Waals surface area contributed by atoms with Crippen molar-refractivity contribution in [3.63, 3.8) is 0 Å². The molecule has 0 radical (unpaired) electrons. The molecule has 0 aliphatic carbocycles. The zero-order chi connectivity index (χ0) is 11.6. The highest BCUT2D eigenvalue weighted by Crippen LogP contribution is 2.37. The fraction of sp³-hybridized carbons (Fsp3) is 0.636. The van der Waals surface area contributed by atoms with Gasteiger partial charge in [-0.3, -0.25) is 0 Å². The standard InChI is InChI=1S/C11H17ClN2S/c1-7(2)8-9(12)13-6-14-10(8)15-11(3,4)5/h6-7H,1-5H3. The van der Waals surface area contributed by atoms with Gasteiger partial charge in [0.25, 0.3) is 0 Å². The first kappa shape index (κ1) is 12.8. The summed E-state index contributed by atoms with van der Waals surface area (Å²) >= 11 is 7.82. The van der Waals surface area contributed by atoms with Gasteiger partial charge in [0.05, 0.1) is 0 Å². The molecule has 1 aromatic heterocycles. The molecule has 0 fully saturated rings. The van der Waals surface area contributed by atoms with Crippen LogP contribution in [0.15, 0.2) is 11.4 Å². The molecule has 0 amide bonds. The lowest BCUT2D eigenvalue weighted by atomic mass is 10.1. The van der Waals surface area contributed by atoms with E-state index in [-0.39, 0.29) is 4.75 Å². The van der Waals surface area contributed by atoms with Crippen LogP contribution in [0.25, 0.3) is 0 Å². The number of hydrogen-bond acceptors (Lipinski definition) is 3. The van der Waals surface area contributed by atoms with Crippen molar-refractivity contribution in [1.82, 2.24) is 9.97 Å². The summed E-state index contributed by atoms with van der Waals surface area (Å²) in [5.41, 5.74) is 1.05. The highest BCUT2D eigenvalue weighted by atomic mass is 35.5. The van der Waals surface area contributed by atoms with Crippen LogP contribution < -0.4 is 0 Å². The Kier molecular flexibility index (Phi) is 4.01. The summed E-state index contributed by atoms with van der Waals surface area (Å²) in [7, 11) is 0. The second-order valence-electron chi connectivity index (χ2n) is 4.75. The Balaban J connectivity index is 3.12. The van der Waals surface area contributed by atoms with Crippen LogP contribution in [-0.4, -0.2) is 14.7 Å². The Labute approximate surface area is 101 Å². The average molecular weight is 245 g/mol. The average Bonchev–Trinajstić information content (AvgIpc) is 1.99. The molecule has 0 spiro atoms. The minimum Gasteiger partial charge on any atom is -0.230 e. The van der Waals surface area contributed by atoms with Crippen molar-refractivity contribution in [2.24, 2.45) is 0 Å². The number of rotatable bonds is 2. The van der Waals surface area contributed by atoms with Crippen molar-refractivity contribution in [2.45, 2.75) is 50.3 Å². The smallest absolute Gasteiger partial charge is 0.137 e. The van der Waals surface area contributed by atoms with Crippen LogP contribution in [0.3, 0.4) is 0 Å². The summed E-state index contributed by atoms with van der Waals surface area (Å²) in [5, 5.41) is 1.57. The maximum Gasteiger partial charge on any atom is 0.137 e. The Hall–Kier alpha value is -0.280. The number of thioether (sulfide) groups is 1. The third-order valence-corrected chi connectivity index (χ3v) is 3.21. The molecule has 0 saturated carbocycles. The van der Waals surface area contributed by atoms with Gasteiger partial charge in [-0.1, -0.05) is 46.2 Å². The number of aromatic nitrogens is 2. The van der Waals surface area contributed by atoms with E-state index in [2.05, 4.69) is 44.6 Å². The summed E-state index contributed by atoms with van der Waals surface area (Å²) in [6, 6.07) is 0. The molecule has 1 aromatic rings. The molecule has 15 heavy (non-hydrogen) atoms. The Morgan fingerprint density at radius 2 is 1.87 bits per heavy atom.